The first-order chi connectivity index (χ1) is 9.75. The van der Waals surface area contributed by atoms with E-state index in [1.807, 2.05) is 6.07 Å². The van der Waals surface area contributed by atoms with E-state index in [1.54, 1.807) is 0 Å². The van der Waals surface area contributed by atoms with E-state index in [2.05, 4.69) is 68.4 Å². The van der Waals surface area contributed by atoms with E-state index < -0.39 is 0 Å². The van der Waals surface area contributed by atoms with Crippen molar-refractivity contribution in [3.05, 3.63) is 71.8 Å². The third kappa shape index (κ3) is 4.82. The SMILES string of the molecule is CC(C)[C@@H](COCc1ccccc1)Cc1ccccc1. The molecule has 0 radical (unpaired) electrons. The van der Waals surface area contributed by atoms with Crippen LogP contribution in [-0.4, -0.2) is 6.61 Å². The third-order valence-corrected chi connectivity index (χ3v) is 3.73. The maximum atomic E-state index is 5.92. The number of hydrogen-bond donors (Lipinski definition) is 0. The zero-order valence-electron chi connectivity index (χ0n) is 12.5. The molecule has 20 heavy (non-hydrogen) atoms. The zero-order valence-corrected chi connectivity index (χ0v) is 12.5. The summed E-state index contributed by atoms with van der Waals surface area (Å²) in [5.74, 6) is 1.20. The van der Waals surface area contributed by atoms with Crippen LogP contribution >= 0.6 is 0 Å². The Morgan fingerprint density at radius 1 is 0.800 bits per heavy atom. The molecule has 0 unspecified atom stereocenters. The molecule has 1 atom stereocenters. The first-order valence-corrected chi connectivity index (χ1v) is 7.41. The average molecular weight is 268 g/mol. The van der Waals surface area contributed by atoms with Gasteiger partial charge in [-0.1, -0.05) is 74.5 Å². The van der Waals surface area contributed by atoms with E-state index in [0.717, 1.165) is 13.0 Å². The van der Waals surface area contributed by atoms with Crippen molar-refractivity contribution in [2.45, 2.75) is 26.9 Å². The fourth-order valence-electron chi connectivity index (χ4n) is 2.31. The lowest BCUT2D eigenvalue weighted by atomic mass is 9.90. The van der Waals surface area contributed by atoms with Crippen molar-refractivity contribution in [2.24, 2.45) is 11.8 Å². The number of rotatable bonds is 7. The smallest absolute Gasteiger partial charge is 0.0717 e. The monoisotopic (exact) mass is 268 g/mol. The second-order valence-electron chi connectivity index (χ2n) is 5.69. The van der Waals surface area contributed by atoms with Gasteiger partial charge in [0, 0.05) is 0 Å². The Hall–Kier alpha value is -1.60. The highest BCUT2D eigenvalue weighted by Gasteiger charge is 2.14. The molecule has 2 rings (SSSR count). The van der Waals surface area contributed by atoms with Crippen molar-refractivity contribution in [1.82, 2.24) is 0 Å². The third-order valence-electron chi connectivity index (χ3n) is 3.73. The number of benzene rings is 2. The van der Waals surface area contributed by atoms with Gasteiger partial charge in [-0.15, -0.1) is 0 Å². The Labute approximate surface area is 122 Å². The van der Waals surface area contributed by atoms with Crippen LogP contribution in [0.25, 0.3) is 0 Å². The van der Waals surface area contributed by atoms with E-state index in [-0.39, 0.29) is 0 Å². The molecule has 0 N–H and O–H groups in total. The van der Waals surface area contributed by atoms with Crippen molar-refractivity contribution in [1.29, 1.82) is 0 Å². The minimum absolute atomic E-state index is 0.570. The predicted molar refractivity (Wildman–Crippen MR) is 84.6 cm³/mol. The van der Waals surface area contributed by atoms with Gasteiger partial charge in [-0.2, -0.15) is 0 Å². The lowest BCUT2D eigenvalue weighted by Crippen LogP contribution is -2.18. The van der Waals surface area contributed by atoms with Crippen LogP contribution < -0.4 is 0 Å². The van der Waals surface area contributed by atoms with Crippen molar-refractivity contribution in [2.75, 3.05) is 6.61 Å². The summed E-state index contributed by atoms with van der Waals surface area (Å²) in [5.41, 5.74) is 2.64. The van der Waals surface area contributed by atoms with Crippen LogP contribution in [0.1, 0.15) is 25.0 Å². The fraction of sp³-hybridized carbons (Fsp3) is 0.368. The van der Waals surface area contributed by atoms with Gasteiger partial charge in [0.25, 0.3) is 0 Å². The van der Waals surface area contributed by atoms with Crippen LogP contribution in [0.15, 0.2) is 60.7 Å². The Morgan fingerprint density at radius 2 is 1.35 bits per heavy atom. The molecule has 0 aliphatic heterocycles. The Balaban J connectivity index is 1.84. The molecule has 1 nitrogen and oxygen atoms in total. The summed E-state index contributed by atoms with van der Waals surface area (Å²) in [6, 6.07) is 21.1. The van der Waals surface area contributed by atoms with Gasteiger partial charge in [0.2, 0.25) is 0 Å². The second kappa shape index (κ2) is 7.86. The molecule has 0 bridgehead atoms. The molecule has 0 saturated carbocycles. The molecule has 0 fully saturated rings. The molecule has 0 spiro atoms. The maximum absolute atomic E-state index is 5.92. The molecular formula is C19H24O. The quantitative estimate of drug-likeness (QED) is 0.706. The Bertz CT molecular complexity index is 476. The maximum Gasteiger partial charge on any atom is 0.0717 e. The summed E-state index contributed by atoms with van der Waals surface area (Å²) in [5, 5.41) is 0. The van der Waals surface area contributed by atoms with E-state index >= 15 is 0 Å². The highest BCUT2D eigenvalue weighted by atomic mass is 16.5. The van der Waals surface area contributed by atoms with Crippen molar-refractivity contribution in [3.8, 4) is 0 Å². The molecule has 2 aromatic rings. The van der Waals surface area contributed by atoms with Gasteiger partial charge in [-0.25, -0.2) is 0 Å². The fourth-order valence-corrected chi connectivity index (χ4v) is 2.31. The first-order valence-electron chi connectivity index (χ1n) is 7.41. The first kappa shape index (κ1) is 14.8. The van der Waals surface area contributed by atoms with Crippen LogP contribution in [0.4, 0.5) is 0 Å². The second-order valence-corrected chi connectivity index (χ2v) is 5.69. The van der Waals surface area contributed by atoms with Gasteiger partial charge in [0.15, 0.2) is 0 Å². The van der Waals surface area contributed by atoms with Crippen LogP contribution in [0.2, 0.25) is 0 Å². The lowest BCUT2D eigenvalue weighted by Gasteiger charge is -2.21. The van der Waals surface area contributed by atoms with Gasteiger partial charge < -0.3 is 4.74 Å². The highest BCUT2D eigenvalue weighted by molar-refractivity contribution is 5.15. The summed E-state index contributed by atoms with van der Waals surface area (Å²) in [6.07, 6.45) is 1.09. The largest absolute Gasteiger partial charge is 0.376 e. The van der Waals surface area contributed by atoms with E-state index in [9.17, 15) is 0 Å². The molecule has 0 amide bonds. The summed E-state index contributed by atoms with van der Waals surface area (Å²) < 4.78 is 5.92. The van der Waals surface area contributed by atoms with Gasteiger partial charge >= 0.3 is 0 Å². The van der Waals surface area contributed by atoms with E-state index in [0.29, 0.717) is 18.4 Å². The van der Waals surface area contributed by atoms with Crippen LogP contribution in [0.3, 0.4) is 0 Å². The molecular weight excluding hydrogens is 244 g/mol. The molecule has 0 heterocycles. The van der Waals surface area contributed by atoms with Crippen LogP contribution in [-0.2, 0) is 17.8 Å². The van der Waals surface area contributed by atoms with Crippen molar-refractivity contribution < 1.29 is 4.74 Å². The molecule has 0 aliphatic rings. The average Bonchev–Trinajstić information content (AvgIpc) is 2.48. The van der Waals surface area contributed by atoms with Crippen LogP contribution in [0, 0.1) is 11.8 Å². The van der Waals surface area contributed by atoms with Gasteiger partial charge in [-0.05, 0) is 29.4 Å². The zero-order chi connectivity index (χ0) is 14.2. The van der Waals surface area contributed by atoms with E-state index in [1.165, 1.54) is 11.1 Å². The standard InChI is InChI=1S/C19H24O/c1-16(2)19(13-17-9-5-3-6-10-17)15-20-14-18-11-7-4-8-12-18/h3-12,16,19H,13-15H2,1-2H3/t19-/m1/s1. The molecule has 0 aliphatic carbocycles. The molecule has 1 heteroatoms. The van der Waals surface area contributed by atoms with Gasteiger partial charge in [0.1, 0.15) is 0 Å². The predicted octanol–water partition coefficient (Wildman–Crippen LogP) is 4.72. The minimum Gasteiger partial charge on any atom is -0.376 e. The molecule has 0 saturated heterocycles. The summed E-state index contributed by atoms with van der Waals surface area (Å²) in [6.45, 7) is 6.08. The van der Waals surface area contributed by atoms with Gasteiger partial charge in [-0.3, -0.25) is 0 Å². The minimum atomic E-state index is 0.570. The van der Waals surface area contributed by atoms with Crippen LogP contribution in [0.5, 0.6) is 0 Å². The summed E-state index contributed by atoms with van der Waals surface area (Å²) in [7, 11) is 0. The lowest BCUT2D eigenvalue weighted by molar-refractivity contribution is 0.0715. The number of hydrogen-bond acceptors (Lipinski definition) is 1. The van der Waals surface area contributed by atoms with Crippen molar-refractivity contribution in [3.63, 3.8) is 0 Å². The molecule has 2 aromatic carbocycles. The normalized spacial score (nSPS) is 12.6. The van der Waals surface area contributed by atoms with E-state index in [4.69, 9.17) is 4.74 Å². The summed E-state index contributed by atoms with van der Waals surface area (Å²) >= 11 is 0. The van der Waals surface area contributed by atoms with Gasteiger partial charge in [0.05, 0.1) is 13.2 Å². The molecule has 106 valence electrons. The Morgan fingerprint density at radius 3 is 1.90 bits per heavy atom. The summed E-state index contributed by atoms with van der Waals surface area (Å²) in [4.78, 5) is 0. The number of ether oxygens (including phenoxy) is 1. The topological polar surface area (TPSA) is 9.23 Å². The molecule has 0 aromatic heterocycles. The highest BCUT2D eigenvalue weighted by Crippen LogP contribution is 2.18. The Kier molecular flexibility index (Phi) is 5.82. The van der Waals surface area contributed by atoms with Crippen molar-refractivity contribution >= 4 is 0 Å².